The highest BCUT2D eigenvalue weighted by atomic mass is 32.2. The Morgan fingerprint density at radius 3 is 2.50 bits per heavy atom. The molecule has 0 spiro atoms. The van der Waals surface area contributed by atoms with Gasteiger partial charge in [-0.05, 0) is 19.3 Å². The minimum Gasteiger partial charge on any atom is -0.228 e. The Morgan fingerprint density at radius 1 is 1.44 bits per heavy atom. The lowest BCUT2D eigenvalue weighted by Gasteiger charge is -2.31. The number of sulfonamides is 2. The third-order valence-corrected chi connectivity index (χ3v) is 6.56. The summed E-state index contributed by atoms with van der Waals surface area (Å²) in [5.74, 6) is 0. The van der Waals surface area contributed by atoms with Gasteiger partial charge >= 0.3 is 0 Å². The van der Waals surface area contributed by atoms with Crippen molar-refractivity contribution in [1.29, 1.82) is 5.26 Å². The molecular weight excluding hydrogens is 278 g/mol. The van der Waals surface area contributed by atoms with Crippen molar-refractivity contribution in [3.05, 3.63) is 0 Å². The van der Waals surface area contributed by atoms with Gasteiger partial charge in [0.2, 0.25) is 20.0 Å². The zero-order valence-electron chi connectivity index (χ0n) is 10.1. The predicted octanol–water partition coefficient (Wildman–Crippen LogP) is -0.629. The summed E-state index contributed by atoms with van der Waals surface area (Å²) < 4.78 is 47.8. The Kier molecular flexibility index (Phi) is 4.72. The lowest BCUT2D eigenvalue weighted by molar-refractivity contribution is 0.343. The van der Waals surface area contributed by atoms with E-state index in [2.05, 4.69) is 0 Å². The van der Waals surface area contributed by atoms with Gasteiger partial charge in [-0.3, -0.25) is 0 Å². The van der Waals surface area contributed by atoms with E-state index in [-0.39, 0.29) is 19.5 Å². The molecule has 1 rings (SSSR count). The minimum atomic E-state index is -3.77. The lowest BCUT2D eigenvalue weighted by Crippen LogP contribution is -2.49. The molecule has 2 unspecified atom stereocenters. The van der Waals surface area contributed by atoms with Crippen LogP contribution in [0, 0.1) is 11.3 Å². The zero-order chi connectivity index (χ0) is 14.0. The van der Waals surface area contributed by atoms with Gasteiger partial charge in [-0.1, -0.05) is 6.92 Å². The van der Waals surface area contributed by atoms with E-state index >= 15 is 0 Å². The SMILES string of the molecule is CCC(C#N)S(=O)(=O)N1CCCC(S(N)(=O)=O)C1. The average Bonchev–Trinajstić information content (AvgIpc) is 2.29. The largest absolute Gasteiger partial charge is 0.230 e. The Hall–Kier alpha value is -0.690. The number of nitrogens with two attached hydrogens (primary N) is 1. The molecule has 104 valence electrons. The smallest absolute Gasteiger partial charge is 0.228 e. The molecule has 1 aliphatic rings. The summed E-state index contributed by atoms with van der Waals surface area (Å²) in [7, 11) is -7.51. The molecule has 2 atom stereocenters. The van der Waals surface area contributed by atoms with E-state index in [1.54, 1.807) is 13.0 Å². The first-order valence-corrected chi connectivity index (χ1v) is 8.75. The molecule has 0 bridgehead atoms. The fraction of sp³-hybridized carbons (Fsp3) is 0.889. The number of piperidine rings is 1. The highest BCUT2D eigenvalue weighted by Crippen LogP contribution is 2.21. The summed E-state index contributed by atoms with van der Waals surface area (Å²) in [4.78, 5) is 0. The van der Waals surface area contributed by atoms with Crippen LogP contribution in [0.4, 0.5) is 0 Å². The third kappa shape index (κ3) is 3.20. The summed E-state index contributed by atoms with van der Waals surface area (Å²) in [5, 5.41) is 11.9. The van der Waals surface area contributed by atoms with Gasteiger partial charge in [0.05, 0.1) is 11.3 Å². The van der Waals surface area contributed by atoms with Gasteiger partial charge in [0, 0.05) is 13.1 Å². The van der Waals surface area contributed by atoms with Crippen molar-refractivity contribution in [1.82, 2.24) is 4.31 Å². The molecule has 1 heterocycles. The molecule has 0 saturated carbocycles. The van der Waals surface area contributed by atoms with Gasteiger partial charge in [0.15, 0.2) is 5.25 Å². The third-order valence-electron chi connectivity index (χ3n) is 3.04. The molecule has 1 aliphatic heterocycles. The van der Waals surface area contributed by atoms with Crippen LogP contribution < -0.4 is 5.14 Å². The number of hydrogen-bond donors (Lipinski definition) is 1. The molecule has 0 radical (unpaired) electrons. The van der Waals surface area contributed by atoms with Crippen LogP contribution in [0.1, 0.15) is 26.2 Å². The van der Waals surface area contributed by atoms with Crippen LogP contribution in [-0.2, 0) is 20.0 Å². The molecule has 2 N–H and O–H groups in total. The number of nitriles is 1. The van der Waals surface area contributed by atoms with Crippen molar-refractivity contribution in [3.8, 4) is 6.07 Å². The average molecular weight is 295 g/mol. The zero-order valence-corrected chi connectivity index (χ0v) is 11.7. The second kappa shape index (κ2) is 5.52. The predicted molar refractivity (Wildman–Crippen MR) is 66.3 cm³/mol. The standard InChI is InChI=1S/C9H17N3O4S2/c1-2-8(6-10)18(15,16)12-5-3-4-9(7-12)17(11,13)14/h8-9H,2-5,7H2,1H3,(H2,11,13,14). The number of primary sulfonamides is 1. The van der Waals surface area contributed by atoms with Crippen LogP contribution in [0.25, 0.3) is 0 Å². The van der Waals surface area contributed by atoms with Crippen LogP contribution in [-0.4, -0.2) is 44.7 Å². The second-order valence-corrected chi connectivity index (χ2v) is 8.24. The molecular formula is C9H17N3O4S2. The van der Waals surface area contributed by atoms with Crippen molar-refractivity contribution < 1.29 is 16.8 Å². The van der Waals surface area contributed by atoms with Crippen molar-refractivity contribution in [2.75, 3.05) is 13.1 Å². The topological polar surface area (TPSA) is 121 Å². The fourth-order valence-corrected chi connectivity index (χ4v) is 4.62. The van der Waals surface area contributed by atoms with E-state index in [9.17, 15) is 16.8 Å². The Morgan fingerprint density at radius 2 is 2.06 bits per heavy atom. The van der Waals surface area contributed by atoms with Crippen molar-refractivity contribution in [2.24, 2.45) is 5.14 Å². The molecule has 0 aliphatic carbocycles. The molecule has 0 aromatic rings. The van der Waals surface area contributed by atoms with Gasteiger partial charge in [0.25, 0.3) is 0 Å². The van der Waals surface area contributed by atoms with Crippen LogP contribution in [0.2, 0.25) is 0 Å². The van der Waals surface area contributed by atoms with Gasteiger partial charge < -0.3 is 0 Å². The molecule has 9 heteroatoms. The van der Waals surface area contributed by atoms with Gasteiger partial charge in [-0.25, -0.2) is 22.0 Å². The maximum absolute atomic E-state index is 12.1. The molecule has 1 fully saturated rings. The van der Waals surface area contributed by atoms with Crippen LogP contribution >= 0.6 is 0 Å². The number of rotatable bonds is 4. The first-order chi connectivity index (χ1) is 8.23. The monoisotopic (exact) mass is 295 g/mol. The van der Waals surface area contributed by atoms with Crippen LogP contribution in [0.5, 0.6) is 0 Å². The van der Waals surface area contributed by atoms with Gasteiger partial charge in [-0.2, -0.15) is 9.57 Å². The fourth-order valence-electron chi connectivity index (χ4n) is 1.95. The summed E-state index contributed by atoms with van der Waals surface area (Å²) in [6, 6.07) is 1.73. The van der Waals surface area contributed by atoms with E-state index in [1.165, 1.54) is 0 Å². The summed E-state index contributed by atoms with van der Waals surface area (Å²) in [5.41, 5.74) is 0. The van der Waals surface area contributed by atoms with E-state index in [4.69, 9.17) is 10.4 Å². The molecule has 18 heavy (non-hydrogen) atoms. The van der Waals surface area contributed by atoms with Crippen molar-refractivity contribution >= 4 is 20.0 Å². The van der Waals surface area contributed by atoms with Crippen molar-refractivity contribution in [2.45, 2.75) is 36.7 Å². The lowest BCUT2D eigenvalue weighted by atomic mass is 10.2. The molecule has 1 saturated heterocycles. The van der Waals surface area contributed by atoms with Crippen LogP contribution in [0.15, 0.2) is 0 Å². The molecule has 0 aromatic heterocycles. The normalized spacial score (nSPS) is 24.4. The van der Waals surface area contributed by atoms with E-state index in [0.717, 1.165) is 4.31 Å². The van der Waals surface area contributed by atoms with Gasteiger partial charge in [-0.15, -0.1) is 0 Å². The van der Waals surface area contributed by atoms with Gasteiger partial charge in [0.1, 0.15) is 0 Å². The highest BCUT2D eigenvalue weighted by molar-refractivity contribution is 7.90. The molecule has 0 amide bonds. The maximum atomic E-state index is 12.1. The van der Waals surface area contributed by atoms with E-state index < -0.39 is 30.5 Å². The number of hydrogen-bond acceptors (Lipinski definition) is 5. The highest BCUT2D eigenvalue weighted by Gasteiger charge is 2.37. The Balaban J connectivity index is 2.95. The summed E-state index contributed by atoms with van der Waals surface area (Å²) >= 11 is 0. The second-order valence-electron chi connectivity index (χ2n) is 4.28. The van der Waals surface area contributed by atoms with Crippen LogP contribution in [0.3, 0.4) is 0 Å². The van der Waals surface area contributed by atoms with Crippen molar-refractivity contribution in [3.63, 3.8) is 0 Å². The number of nitrogens with zero attached hydrogens (tertiary/aromatic N) is 2. The van der Waals surface area contributed by atoms with E-state index in [1.807, 2.05) is 0 Å². The Labute approximate surface area is 108 Å². The summed E-state index contributed by atoms with van der Waals surface area (Å²) in [6.45, 7) is 1.69. The molecule has 0 aromatic carbocycles. The van der Waals surface area contributed by atoms with E-state index in [0.29, 0.717) is 12.8 Å². The maximum Gasteiger partial charge on any atom is 0.230 e. The Bertz CT molecular complexity index is 535. The molecule has 7 nitrogen and oxygen atoms in total. The minimum absolute atomic E-state index is 0.153. The first kappa shape index (κ1) is 15.4. The quantitative estimate of drug-likeness (QED) is 0.740. The summed E-state index contributed by atoms with van der Waals surface area (Å²) in [6.07, 6.45) is 0.964. The first-order valence-electron chi connectivity index (χ1n) is 5.63.